The zero-order valence-electron chi connectivity index (χ0n) is 13.4. The molecule has 0 saturated carbocycles. The van der Waals surface area contributed by atoms with Crippen LogP contribution in [0.3, 0.4) is 0 Å². The summed E-state index contributed by atoms with van der Waals surface area (Å²) in [4.78, 5) is 24.2. The second-order valence-electron chi connectivity index (χ2n) is 5.51. The van der Waals surface area contributed by atoms with E-state index in [9.17, 15) is 4.79 Å². The number of ether oxygens (including phenoxy) is 1. The molecule has 3 heterocycles. The molecule has 0 spiro atoms. The Morgan fingerprint density at radius 3 is 2.92 bits per heavy atom. The predicted molar refractivity (Wildman–Crippen MR) is 89.8 cm³/mol. The van der Waals surface area contributed by atoms with Gasteiger partial charge in [-0.3, -0.25) is 4.79 Å². The van der Waals surface area contributed by atoms with Crippen molar-refractivity contribution in [3.05, 3.63) is 40.9 Å². The van der Waals surface area contributed by atoms with Crippen molar-refractivity contribution in [3.63, 3.8) is 0 Å². The summed E-state index contributed by atoms with van der Waals surface area (Å²) in [5.41, 5.74) is 2.30. The van der Waals surface area contributed by atoms with E-state index in [1.807, 2.05) is 6.07 Å². The summed E-state index contributed by atoms with van der Waals surface area (Å²) >= 11 is 6.19. The fourth-order valence-electron chi connectivity index (χ4n) is 2.67. The summed E-state index contributed by atoms with van der Waals surface area (Å²) in [6.45, 7) is 3.52. The Hall–Kier alpha value is -2.09. The Labute approximate surface area is 144 Å². The van der Waals surface area contributed by atoms with Crippen molar-refractivity contribution in [2.24, 2.45) is 0 Å². The first-order valence-corrected chi connectivity index (χ1v) is 8.03. The molecule has 2 unspecified atom stereocenters. The molecule has 0 radical (unpaired) electrons. The van der Waals surface area contributed by atoms with Crippen molar-refractivity contribution >= 4 is 17.5 Å². The van der Waals surface area contributed by atoms with Crippen LogP contribution >= 0.6 is 11.6 Å². The molecule has 7 nitrogen and oxygen atoms in total. The molecule has 3 rings (SSSR count). The molecule has 2 aromatic heterocycles. The second-order valence-corrected chi connectivity index (χ2v) is 5.90. The monoisotopic (exact) mass is 347 g/mol. The van der Waals surface area contributed by atoms with Gasteiger partial charge in [0.2, 0.25) is 0 Å². The molecule has 1 aliphatic heterocycles. The molecule has 1 fully saturated rings. The fraction of sp³-hybridized carbons (Fsp3) is 0.375. The highest BCUT2D eigenvalue weighted by Crippen LogP contribution is 2.28. The number of carbonyl (C=O) groups is 1. The summed E-state index contributed by atoms with van der Waals surface area (Å²) in [7, 11) is 1.55. The maximum Gasteiger partial charge on any atom is 0.269 e. The molecule has 8 heteroatoms. The topological polar surface area (TPSA) is 89.0 Å². The van der Waals surface area contributed by atoms with E-state index in [-0.39, 0.29) is 23.7 Å². The Morgan fingerprint density at radius 2 is 2.17 bits per heavy atom. The van der Waals surface area contributed by atoms with E-state index in [1.165, 1.54) is 6.33 Å². The summed E-state index contributed by atoms with van der Waals surface area (Å²) in [5, 5.41) is 6.26. The lowest BCUT2D eigenvalue weighted by atomic mass is 10.0. The SMILES string of the molecule is CNC(=O)c1cc(-c2cc(C3OCCNC3C)cc(Cl)n2)ncn1. The molecule has 0 aromatic carbocycles. The first kappa shape index (κ1) is 16.8. The minimum atomic E-state index is -0.283. The lowest BCUT2D eigenvalue weighted by molar-refractivity contribution is -0.000236. The first-order chi connectivity index (χ1) is 11.6. The lowest BCUT2D eigenvalue weighted by Crippen LogP contribution is -2.41. The van der Waals surface area contributed by atoms with E-state index in [0.717, 1.165) is 12.1 Å². The number of amides is 1. The molecule has 2 aromatic rings. The van der Waals surface area contributed by atoms with Crippen LogP contribution in [0.1, 0.15) is 29.1 Å². The molecule has 0 aliphatic carbocycles. The summed E-state index contributed by atoms with van der Waals surface area (Å²) in [6, 6.07) is 5.43. The smallest absolute Gasteiger partial charge is 0.269 e. The van der Waals surface area contributed by atoms with Crippen LogP contribution in [0.15, 0.2) is 24.5 Å². The van der Waals surface area contributed by atoms with Gasteiger partial charge in [-0.25, -0.2) is 15.0 Å². The average Bonchev–Trinajstić information content (AvgIpc) is 2.61. The van der Waals surface area contributed by atoms with E-state index >= 15 is 0 Å². The van der Waals surface area contributed by atoms with Crippen molar-refractivity contribution in [1.29, 1.82) is 0 Å². The summed E-state index contributed by atoms with van der Waals surface area (Å²) in [6.07, 6.45) is 1.22. The lowest BCUT2D eigenvalue weighted by Gasteiger charge is -2.30. The maximum absolute atomic E-state index is 11.7. The van der Waals surface area contributed by atoms with Crippen molar-refractivity contribution < 1.29 is 9.53 Å². The third kappa shape index (κ3) is 3.53. The zero-order chi connectivity index (χ0) is 17.1. The number of carbonyl (C=O) groups excluding carboxylic acids is 1. The van der Waals surface area contributed by atoms with Gasteiger partial charge in [-0.15, -0.1) is 0 Å². The Morgan fingerprint density at radius 1 is 1.33 bits per heavy atom. The first-order valence-electron chi connectivity index (χ1n) is 7.65. The number of nitrogens with one attached hydrogen (secondary N) is 2. The molecule has 1 aliphatic rings. The molecular formula is C16H18ClN5O2. The Kier molecular flexibility index (Phi) is 5.03. The van der Waals surface area contributed by atoms with Gasteiger partial charge in [0, 0.05) is 19.6 Å². The van der Waals surface area contributed by atoms with E-state index in [1.54, 1.807) is 19.2 Å². The van der Waals surface area contributed by atoms with Crippen LogP contribution in [0.5, 0.6) is 0 Å². The van der Waals surface area contributed by atoms with Gasteiger partial charge < -0.3 is 15.4 Å². The average molecular weight is 348 g/mol. The molecule has 1 amide bonds. The van der Waals surface area contributed by atoms with E-state index in [2.05, 4.69) is 32.5 Å². The van der Waals surface area contributed by atoms with Gasteiger partial charge >= 0.3 is 0 Å². The van der Waals surface area contributed by atoms with Crippen LogP contribution in [0.25, 0.3) is 11.4 Å². The number of halogens is 1. The Balaban J connectivity index is 1.98. The maximum atomic E-state index is 11.7. The molecular weight excluding hydrogens is 330 g/mol. The van der Waals surface area contributed by atoms with Gasteiger partial charge in [0.05, 0.1) is 24.1 Å². The minimum Gasteiger partial charge on any atom is -0.371 e. The molecule has 1 saturated heterocycles. The minimum absolute atomic E-state index is 0.113. The predicted octanol–water partition coefficient (Wildman–Crippen LogP) is 1.60. The van der Waals surface area contributed by atoms with Crippen LogP contribution in [-0.4, -0.2) is 47.1 Å². The van der Waals surface area contributed by atoms with E-state index in [0.29, 0.717) is 23.1 Å². The van der Waals surface area contributed by atoms with Gasteiger partial charge in [0.25, 0.3) is 5.91 Å². The largest absolute Gasteiger partial charge is 0.371 e. The quantitative estimate of drug-likeness (QED) is 0.820. The normalized spacial score (nSPS) is 20.6. The number of hydrogen-bond acceptors (Lipinski definition) is 6. The number of rotatable bonds is 3. The number of pyridine rings is 1. The van der Waals surface area contributed by atoms with Crippen LogP contribution in [-0.2, 0) is 4.74 Å². The van der Waals surface area contributed by atoms with Crippen molar-refractivity contribution in [1.82, 2.24) is 25.6 Å². The van der Waals surface area contributed by atoms with Gasteiger partial charge in [-0.05, 0) is 30.7 Å². The highest BCUT2D eigenvalue weighted by molar-refractivity contribution is 6.29. The molecule has 0 bridgehead atoms. The van der Waals surface area contributed by atoms with Gasteiger partial charge in [0.1, 0.15) is 17.2 Å². The van der Waals surface area contributed by atoms with Crippen molar-refractivity contribution in [3.8, 4) is 11.4 Å². The third-order valence-electron chi connectivity index (χ3n) is 3.85. The van der Waals surface area contributed by atoms with E-state index < -0.39 is 0 Å². The Bertz CT molecular complexity index is 755. The summed E-state index contributed by atoms with van der Waals surface area (Å²) in [5.74, 6) is -0.283. The van der Waals surface area contributed by atoms with Crippen molar-refractivity contribution in [2.75, 3.05) is 20.2 Å². The zero-order valence-corrected chi connectivity index (χ0v) is 14.2. The van der Waals surface area contributed by atoms with Crippen LogP contribution < -0.4 is 10.6 Å². The molecule has 126 valence electrons. The molecule has 2 atom stereocenters. The van der Waals surface area contributed by atoms with Gasteiger partial charge in [-0.2, -0.15) is 0 Å². The van der Waals surface area contributed by atoms with Crippen LogP contribution in [0, 0.1) is 0 Å². The number of hydrogen-bond donors (Lipinski definition) is 2. The highest BCUT2D eigenvalue weighted by atomic mass is 35.5. The molecule has 24 heavy (non-hydrogen) atoms. The summed E-state index contributed by atoms with van der Waals surface area (Å²) < 4.78 is 5.86. The van der Waals surface area contributed by atoms with Gasteiger partial charge in [-0.1, -0.05) is 11.6 Å². The number of nitrogens with zero attached hydrogens (tertiary/aromatic N) is 3. The number of aromatic nitrogens is 3. The standard InChI is InChI=1S/C16H18ClN5O2/c1-9-15(24-4-3-19-9)10-5-12(22-14(17)6-10)11-7-13(16(23)18-2)21-8-20-11/h5-9,15,19H,3-4H2,1-2H3,(H,18,23). The fourth-order valence-corrected chi connectivity index (χ4v) is 2.89. The van der Waals surface area contributed by atoms with Gasteiger partial charge in [0.15, 0.2) is 0 Å². The number of morpholine rings is 1. The van der Waals surface area contributed by atoms with Crippen LogP contribution in [0.2, 0.25) is 5.15 Å². The second kappa shape index (κ2) is 7.21. The highest BCUT2D eigenvalue weighted by Gasteiger charge is 2.24. The van der Waals surface area contributed by atoms with Crippen molar-refractivity contribution in [2.45, 2.75) is 19.1 Å². The van der Waals surface area contributed by atoms with E-state index in [4.69, 9.17) is 16.3 Å². The van der Waals surface area contributed by atoms with Crippen LogP contribution in [0.4, 0.5) is 0 Å². The molecule has 2 N–H and O–H groups in total. The third-order valence-corrected chi connectivity index (χ3v) is 4.05.